The number of hydrogen-bond donors (Lipinski definition) is 2. The Morgan fingerprint density at radius 1 is 1.56 bits per heavy atom. The lowest BCUT2D eigenvalue weighted by molar-refractivity contribution is -0.119. The number of rotatable bonds is 7. The molecule has 18 heavy (non-hydrogen) atoms. The fraction of sp³-hybridized carbons (Fsp3) is 0.462. The van der Waals surface area contributed by atoms with Crippen LogP contribution in [0.5, 0.6) is 0 Å². The van der Waals surface area contributed by atoms with Gasteiger partial charge in [-0.25, -0.2) is 0 Å². The Morgan fingerprint density at radius 2 is 2.33 bits per heavy atom. The van der Waals surface area contributed by atoms with E-state index in [4.69, 9.17) is 0 Å². The molecule has 1 aromatic carbocycles. The first kappa shape index (κ1) is 15.5. The Kier molecular flexibility index (Phi) is 7.39. The van der Waals surface area contributed by atoms with E-state index in [1.54, 1.807) is 0 Å². The monoisotopic (exact) mass is 331 g/mol. The highest BCUT2D eigenvalue weighted by molar-refractivity contribution is 9.10. The van der Waals surface area contributed by atoms with Crippen LogP contribution in [-0.2, 0) is 4.79 Å². The van der Waals surface area contributed by atoms with E-state index >= 15 is 0 Å². The number of aliphatic hydroxyl groups excluding tert-OH is 1. The van der Waals surface area contributed by atoms with Crippen LogP contribution in [0.1, 0.15) is 19.8 Å². The molecule has 3 nitrogen and oxygen atoms in total. The van der Waals surface area contributed by atoms with Crippen molar-refractivity contribution in [3.63, 3.8) is 0 Å². The lowest BCUT2D eigenvalue weighted by Gasteiger charge is -2.10. The molecule has 0 saturated heterocycles. The van der Waals surface area contributed by atoms with Crippen molar-refractivity contribution in [1.82, 2.24) is 5.32 Å². The molecule has 0 saturated carbocycles. The molecule has 0 bridgehead atoms. The first-order valence-corrected chi connectivity index (χ1v) is 7.72. The van der Waals surface area contributed by atoms with Crippen LogP contribution < -0.4 is 5.32 Å². The molecule has 0 spiro atoms. The zero-order chi connectivity index (χ0) is 13.4. The summed E-state index contributed by atoms with van der Waals surface area (Å²) in [5.74, 6) is 0.324. The van der Waals surface area contributed by atoms with Crippen molar-refractivity contribution >= 4 is 33.6 Å². The van der Waals surface area contributed by atoms with Crippen molar-refractivity contribution in [1.29, 1.82) is 0 Å². The van der Waals surface area contributed by atoms with Crippen molar-refractivity contribution < 1.29 is 9.90 Å². The third-order valence-electron chi connectivity index (χ3n) is 2.32. The average Bonchev–Trinajstić information content (AvgIpc) is 2.34. The van der Waals surface area contributed by atoms with Crippen molar-refractivity contribution in [2.24, 2.45) is 0 Å². The fourth-order valence-corrected chi connectivity index (χ4v) is 2.76. The van der Waals surface area contributed by atoms with Crippen LogP contribution in [0.3, 0.4) is 0 Å². The maximum Gasteiger partial charge on any atom is 0.230 e. The van der Waals surface area contributed by atoms with Gasteiger partial charge in [0.2, 0.25) is 5.91 Å². The van der Waals surface area contributed by atoms with Crippen LogP contribution in [0, 0.1) is 0 Å². The Balaban J connectivity index is 2.25. The maximum absolute atomic E-state index is 11.6. The predicted molar refractivity (Wildman–Crippen MR) is 78.8 cm³/mol. The summed E-state index contributed by atoms with van der Waals surface area (Å²) in [6, 6.07) is 7.83. The number of aliphatic hydroxyl groups is 1. The lowest BCUT2D eigenvalue weighted by atomic mass is 10.2. The molecule has 1 rings (SSSR count). The van der Waals surface area contributed by atoms with E-state index in [1.165, 1.54) is 11.8 Å². The summed E-state index contributed by atoms with van der Waals surface area (Å²) in [7, 11) is 0. The van der Waals surface area contributed by atoms with E-state index in [9.17, 15) is 9.90 Å². The predicted octanol–water partition coefficient (Wildman–Crippen LogP) is 2.82. The number of carbonyl (C=O) groups is 1. The topological polar surface area (TPSA) is 49.3 Å². The Labute approximate surface area is 120 Å². The van der Waals surface area contributed by atoms with E-state index in [2.05, 4.69) is 21.2 Å². The minimum Gasteiger partial charge on any atom is -0.391 e. The van der Waals surface area contributed by atoms with Crippen LogP contribution in [0.4, 0.5) is 0 Å². The van der Waals surface area contributed by atoms with Crippen LogP contribution in [0.15, 0.2) is 33.6 Å². The molecular weight excluding hydrogens is 314 g/mol. The largest absolute Gasteiger partial charge is 0.391 e. The molecular formula is C13H18BrNO2S. The standard InChI is InChI=1S/C13H18BrNO2S/c1-2-4-11(16)8-15-13(17)9-18-12-6-3-5-10(14)7-12/h3,5-7,11,16H,2,4,8-9H2,1H3,(H,15,17). The van der Waals surface area contributed by atoms with E-state index in [0.717, 1.165) is 22.2 Å². The minimum atomic E-state index is -0.435. The molecule has 0 aliphatic carbocycles. The number of halogens is 1. The average molecular weight is 332 g/mol. The summed E-state index contributed by atoms with van der Waals surface area (Å²) in [4.78, 5) is 12.6. The second kappa shape index (κ2) is 8.56. The van der Waals surface area contributed by atoms with Gasteiger partial charge in [-0.2, -0.15) is 0 Å². The summed E-state index contributed by atoms with van der Waals surface area (Å²) < 4.78 is 1.01. The van der Waals surface area contributed by atoms with Gasteiger partial charge >= 0.3 is 0 Å². The second-order valence-corrected chi connectivity index (χ2v) is 5.96. The summed E-state index contributed by atoms with van der Waals surface area (Å²) >= 11 is 4.87. The molecule has 0 aliphatic rings. The molecule has 1 unspecified atom stereocenters. The first-order chi connectivity index (χ1) is 8.61. The zero-order valence-electron chi connectivity index (χ0n) is 10.4. The first-order valence-electron chi connectivity index (χ1n) is 5.95. The molecule has 1 aromatic rings. The molecule has 0 radical (unpaired) electrons. The molecule has 0 aliphatic heterocycles. The molecule has 0 heterocycles. The molecule has 1 amide bonds. The van der Waals surface area contributed by atoms with Gasteiger partial charge in [0.25, 0.3) is 0 Å². The summed E-state index contributed by atoms with van der Waals surface area (Å²) in [5, 5.41) is 12.2. The second-order valence-electron chi connectivity index (χ2n) is 3.99. The molecule has 1 atom stereocenters. The highest BCUT2D eigenvalue weighted by Gasteiger charge is 2.06. The Morgan fingerprint density at radius 3 is 3.00 bits per heavy atom. The van der Waals surface area contributed by atoms with Gasteiger partial charge in [0.1, 0.15) is 0 Å². The lowest BCUT2D eigenvalue weighted by Crippen LogP contribution is -2.33. The van der Waals surface area contributed by atoms with Gasteiger partial charge in [-0.3, -0.25) is 4.79 Å². The molecule has 0 fully saturated rings. The number of amides is 1. The number of hydrogen-bond acceptors (Lipinski definition) is 3. The van der Waals surface area contributed by atoms with Crippen LogP contribution in [0.25, 0.3) is 0 Å². The minimum absolute atomic E-state index is 0.0462. The third-order valence-corrected chi connectivity index (χ3v) is 3.81. The smallest absolute Gasteiger partial charge is 0.230 e. The van der Waals surface area contributed by atoms with Gasteiger partial charge in [-0.1, -0.05) is 35.3 Å². The van der Waals surface area contributed by atoms with E-state index < -0.39 is 6.10 Å². The van der Waals surface area contributed by atoms with Gasteiger partial charge in [-0.05, 0) is 24.6 Å². The molecule has 0 aromatic heterocycles. The molecule has 100 valence electrons. The SMILES string of the molecule is CCCC(O)CNC(=O)CSc1cccc(Br)c1. The Hall–Kier alpha value is -0.520. The van der Waals surface area contributed by atoms with Gasteiger partial charge in [0, 0.05) is 15.9 Å². The maximum atomic E-state index is 11.6. The highest BCUT2D eigenvalue weighted by Crippen LogP contribution is 2.21. The van der Waals surface area contributed by atoms with Crippen molar-refractivity contribution in [3.05, 3.63) is 28.7 Å². The van der Waals surface area contributed by atoms with Crippen molar-refractivity contribution in [3.8, 4) is 0 Å². The van der Waals surface area contributed by atoms with E-state index in [-0.39, 0.29) is 5.91 Å². The summed E-state index contributed by atoms with van der Waals surface area (Å²) in [6.45, 7) is 2.35. The fourth-order valence-electron chi connectivity index (χ4n) is 1.42. The molecule has 2 N–H and O–H groups in total. The zero-order valence-corrected chi connectivity index (χ0v) is 12.8. The van der Waals surface area contributed by atoms with Crippen LogP contribution in [0.2, 0.25) is 0 Å². The summed E-state index contributed by atoms with van der Waals surface area (Å²) in [6.07, 6.45) is 1.21. The van der Waals surface area contributed by atoms with Gasteiger partial charge in [-0.15, -0.1) is 11.8 Å². The van der Waals surface area contributed by atoms with Gasteiger partial charge in [0.05, 0.1) is 11.9 Å². The number of nitrogens with one attached hydrogen (secondary N) is 1. The van der Waals surface area contributed by atoms with Crippen LogP contribution >= 0.6 is 27.7 Å². The summed E-state index contributed by atoms with van der Waals surface area (Å²) in [5.41, 5.74) is 0. The van der Waals surface area contributed by atoms with Gasteiger partial charge in [0.15, 0.2) is 0 Å². The number of thioether (sulfide) groups is 1. The van der Waals surface area contributed by atoms with E-state index in [1.807, 2.05) is 31.2 Å². The van der Waals surface area contributed by atoms with Crippen molar-refractivity contribution in [2.75, 3.05) is 12.3 Å². The van der Waals surface area contributed by atoms with Crippen molar-refractivity contribution in [2.45, 2.75) is 30.8 Å². The highest BCUT2D eigenvalue weighted by atomic mass is 79.9. The molecule has 5 heteroatoms. The quantitative estimate of drug-likeness (QED) is 0.755. The van der Waals surface area contributed by atoms with Gasteiger partial charge < -0.3 is 10.4 Å². The van der Waals surface area contributed by atoms with Crippen LogP contribution in [-0.4, -0.2) is 29.4 Å². The Bertz CT molecular complexity index is 387. The normalized spacial score (nSPS) is 12.2. The third kappa shape index (κ3) is 6.42. The number of carbonyl (C=O) groups excluding carboxylic acids is 1. The van der Waals surface area contributed by atoms with E-state index in [0.29, 0.717) is 12.3 Å². The number of benzene rings is 1.